The summed E-state index contributed by atoms with van der Waals surface area (Å²) in [7, 11) is 4.91. The lowest BCUT2D eigenvalue weighted by Crippen LogP contribution is -2.26. The molecule has 0 aliphatic carbocycles. The van der Waals surface area contributed by atoms with Crippen molar-refractivity contribution in [2.75, 3.05) is 39.3 Å². The maximum absolute atomic E-state index is 12.7. The molecule has 5 nitrogen and oxygen atoms in total. The molecule has 1 saturated heterocycles. The van der Waals surface area contributed by atoms with Gasteiger partial charge in [0.05, 0.1) is 19.2 Å². The van der Waals surface area contributed by atoms with Crippen LogP contribution in [0, 0.1) is 0 Å². The minimum absolute atomic E-state index is 0.0767. The van der Waals surface area contributed by atoms with Crippen LogP contribution < -0.4 is 14.4 Å². The standard InChI is InChI=1S/C23H27ClN2O3/c1-25(16-18-8-4-5-9-20(18)26-12-6-7-13-26)22(27)11-10-17-14-19(24)23(29-3)21(15-17)28-2/h4-5,8-11,14-15H,6-7,12-13,16H2,1-3H3/b11-10+. The third-order valence-electron chi connectivity index (χ3n) is 5.10. The van der Waals surface area contributed by atoms with Gasteiger partial charge in [-0.3, -0.25) is 4.79 Å². The van der Waals surface area contributed by atoms with Gasteiger partial charge in [0.15, 0.2) is 11.5 Å². The fourth-order valence-corrected chi connectivity index (χ4v) is 3.87. The summed E-state index contributed by atoms with van der Waals surface area (Å²) in [5.41, 5.74) is 3.15. The van der Waals surface area contributed by atoms with E-state index in [1.807, 2.05) is 13.1 Å². The van der Waals surface area contributed by atoms with E-state index < -0.39 is 0 Å². The Morgan fingerprint density at radius 1 is 1.17 bits per heavy atom. The number of rotatable bonds is 7. The summed E-state index contributed by atoms with van der Waals surface area (Å²) in [6.07, 6.45) is 5.73. The smallest absolute Gasteiger partial charge is 0.246 e. The zero-order valence-corrected chi connectivity index (χ0v) is 17.9. The Morgan fingerprint density at radius 3 is 2.59 bits per heavy atom. The SMILES string of the molecule is COc1cc(/C=C/C(=O)N(C)Cc2ccccc2N2CCCC2)cc(Cl)c1OC. The van der Waals surface area contributed by atoms with Gasteiger partial charge in [-0.2, -0.15) is 0 Å². The zero-order chi connectivity index (χ0) is 20.8. The van der Waals surface area contributed by atoms with Crippen LogP contribution in [0.15, 0.2) is 42.5 Å². The van der Waals surface area contributed by atoms with Gasteiger partial charge in [0, 0.05) is 38.4 Å². The van der Waals surface area contributed by atoms with E-state index in [0.717, 1.165) is 24.2 Å². The number of carbonyl (C=O) groups is 1. The molecule has 6 heteroatoms. The molecule has 1 amide bonds. The Labute approximate surface area is 177 Å². The summed E-state index contributed by atoms with van der Waals surface area (Å²) < 4.78 is 10.6. The lowest BCUT2D eigenvalue weighted by atomic mass is 10.1. The third kappa shape index (κ3) is 5.04. The Hall–Kier alpha value is -2.66. The molecule has 0 N–H and O–H groups in total. The van der Waals surface area contributed by atoms with Gasteiger partial charge in [-0.25, -0.2) is 0 Å². The Bertz CT molecular complexity index is 892. The van der Waals surface area contributed by atoms with E-state index in [4.69, 9.17) is 21.1 Å². The normalized spacial score (nSPS) is 13.7. The lowest BCUT2D eigenvalue weighted by Gasteiger charge is -2.24. The van der Waals surface area contributed by atoms with Crippen molar-refractivity contribution in [3.63, 3.8) is 0 Å². The Kier molecular flexibility index (Phi) is 7.04. The van der Waals surface area contributed by atoms with Gasteiger partial charge < -0.3 is 19.3 Å². The molecule has 0 bridgehead atoms. The number of para-hydroxylation sites is 1. The van der Waals surface area contributed by atoms with E-state index in [0.29, 0.717) is 23.1 Å². The number of amides is 1. The Balaban J connectivity index is 1.71. The largest absolute Gasteiger partial charge is 0.493 e. The van der Waals surface area contributed by atoms with E-state index in [9.17, 15) is 4.79 Å². The van der Waals surface area contributed by atoms with Crippen molar-refractivity contribution in [3.05, 3.63) is 58.6 Å². The first-order chi connectivity index (χ1) is 14.0. The van der Waals surface area contributed by atoms with Gasteiger partial charge in [-0.05, 0) is 48.2 Å². The first-order valence-electron chi connectivity index (χ1n) is 9.71. The second-order valence-corrected chi connectivity index (χ2v) is 7.50. The second-order valence-electron chi connectivity index (χ2n) is 7.09. The molecule has 0 aromatic heterocycles. The molecule has 2 aromatic carbocycles. The molecule has 0 radical (unpaired) electrons. The molecular formula is C23H27ClN2O3. The molecule has 0 spiro atoms. The molecule has 0 atom stereocenters. The number of benzene rings is 2. The first kappa shape index (κ1) is 21.1. The van der Waals surface area contributed by atoms with Crippen LogP contribution in [0.2, 0.25) is 5.02 Å². The van der Waals surface area contributed by atoms with Crippen LogP contribution in [0.25, 0.3) is 6.08 Å². The number of hydrogen-bond donors (Lipinski definition) is 0. The maximum atomic E-state index is 12.7. The topological polar surface area (TPSA) is 42.0 Å². The zero-order valence-electron chi connectivity index (χ0n) is 17.2. The first-order valence-corrected chi connectivity index (χ1v) is 10.1. The van der Waals surface area contributed by atoms with Crippen molar-refractivity contribution in [2.24, 2.45) is 0 Å². The molecule has 1 heterocycles. The van der Waals surface area contributed by atoms with Crippen LogP contribution in [-0.4, -0.2) is 45.2 Å². The molecule has 154 valence electrons. The average molecular weight is 415 g/mol. The van der Waals surface area contributed by atoms with Gasteiger partial charge >= 0.3 is 0 Å². The highest BCUT2D eigenvalue weighted by molar-refractivity contribution is 6.32. The number of nitrogens with zero attached hydrogens (tertiary/aromatic N) is 2. The molecule has 1 fully saturated rings. The van der Waals surface area contributed by atoms with Crippen LogP contribution in [0.5, 0.6) is 11.5 Å². The molecular weight excluding hydrogens is 388 g/mol. The number of hydrogen-bond acceptors (Lipinski definition) is 4. The Morgan fingerprint density at radius 2 is 1.90 bits per heavy atom. The van der Waals surface area contributed by atoms with Crippen LogP contribution in [0.4, 0.5) is 5.69 Å². The number of anilines is 1. The van der Waals surface area contributed by atoms with Crippen molar-refractivity contribution in [3.8, 4) is 11.5 Å². The number of halogens is 1. The third-order valence-corrected chi connectivity index (χ3v) is 5.38. The predicted molar refractivity (Wildman–Crippen MR) is 118 cm³/mol. The second kappa shape index (κ2) is 9.70. The molecule has 1 aliphatic rings. The van der Waals surface area contributed by atoms with Crippen molar-refractivity contribution in [2.45, 2.75) is 19.4 Å². The molecule has 1 aliphatic heterocycles. The fraction of sp³-hybridized carbons (Fsp3) is 0.348. The molecule has 0 unspecified atom stereocenters. The number of methoxy groups -OCH3 is 2. The van der Waals surface area contributed by atoms with Gasteiger partial charge in [0.2, 0.25) is 5.91 Å². The van der Waals surface area contributed by atoms with Crippen molar-refractivity contribution < 1.29 is 14.3 Å². The molecule has 3 rings (SSSR count). The van der Waals surface area contributed by atoms with Crippen LogP contribution in [0.3, 0.4) is 0 Å². The van der Waals surface area contributed by atoms with E-state index in [-0.39, 0.29) is 5.91 Å². The number of carbonyl (C=O) groups excluding carboxylic acids is 1. The summed E-state index contributed by atoms with van der Waals surface area (Å²) in [6.45, 7) is 2.71. The summed E-state index contributed by atoms with van der Waals surface area (Å²) in [5, 5.41) is 0.437. The monoisotopic (exact) mass is 414 g/mol. The van der Waals surface area contributed by atoms with Crippen LogP contribution >= 0.6 is 11.6 Å². The average Bonchev–Trinajstić information content (AvgIpc) is 3.26. The number of ether oxygens (including phenoxy) is 2. The van der Waals surface area contributed by atoms with Gasteiger partial charge in [0.25, 0.3) is 0 Å². The maximum Gasteiger partial charge on any atom is 0.246 e. The fourth-order valence-electron chi connectivity index (χ4n) is 3.57. The van der Waals surface area contributed by atoms with Gasteiger partial charge in [0.1, 0.15) is 0 Å². The van der Waals surface area contributed by atoms with Crippen molar-refractivity contribution >= 4 is 29.3 Å². The highest BCUT2D eigenvalue weighted by Crippen LogP contribution is 2.36. The summed E-state index contributed by atoms with van der Waals surface area (Å²) in [5.74, 6) is 0.931. The minimum atomic E-state index is -0.0767. The predicted octanol–water partition coefficient (Wildman–Crippen LogP) is 4.63. The quantitative estimate of drug-likeness (QED) is 0.619. The van der Waals surface area contributed by atoms with Crippen LogP contribution in [0.1, 0.15) is 24.0 Å². The van der Waals surface area contributed by atoms with E-state index >= 15 is 0 Å². The molecule has 29 heavy (non-hydrogen) atoms. The summed E-state index contributed by atoms with van der Waals surface area (Å²) >= 11 is 6.24. The highest BCUT2D eigenvalue weighted by atomic mass is 35.5. The van der Waals surface area contributed by atoms with Crippen LogP contribution in [-0.2, 0) is 11.3 Å². The van der Waals surface area contributed by atoms with Crippen molar-refractivity contribution in [1.82, 2.24) is 4.90 Å². The van der Waals surface area contributed by atoms with E-state index in [2.05, 4.69) is 23.1 Å². The number of likely N-dealkylation sites (N-methyl/N-ethyl adjacent to an activating group) is 1. The summed E-state index contributed by atoms with van der Waals surface area (Å²) in [6, 6.07) is 11.8. The molecule has 2 aromatic rings. The lowest BCUT2D eigenvalue weighted by molar-refractivity contribution is -0.125. The summed E-state index contributed by atoms with van der Waals surface area (Å²) in [4.78, 5) is 16.8. The van der Waals surface area contributed by atoms with Gasteiger partial charge in [-0.15, -0.1) is 0 Å². The van der Waals surface area contributed by atoms with E-state index in [1.165, 1.54) is 25.6 Å². The van der Waals surface area contributed by atoms with Gasteiger partial charge in [-0.1, -0.05) is 29.8 Å². The minimum Gasteiger partial charge on any atom is -0.493 e. The van der Waals surface area contributed by atoms with Crippen molar-refractivity contribution in [1.29, 1.82) is 0 Å². The molecule has 0 saturated carbocycles. The highest BCUT2D eigenvalue weighted by Gasteiger charge is 2.17. The van der Waals surface area contributed by atoms with E-state index in [1.54, 1.807) is 36.3 Å².